The van der Waals surface area contributed by atoms with Gasteiger partial charge in [-0.3, -0.25) is 0 Å². The number of carbonyl (C=O) groups excluding carboxylic acids is 1. The molecule has 1 N–H and O–H groups in total. The number of amides is 2. The third-order valence-corrected chi connectivity index (χ3v) is 3.50. The van der Waals surface area contributed by atoms with Crippen LogP contribution in [0.5, 0.6) is 0 Å². The largest absolute Gasteiger partial charge is 0.480 e. The molecule has 2 atom stereocenters. The molecule has 6 heteroatoms. The Hall–Kier alpha value is -1.98. The summed E-state index contributed by atoms with van der Waals surface area (Å²) in [6, 6.07) is 2.54. The zero-order chi connectivity index (χ0) is 14.0. The molecule has 1 aromatic rings. The van der Waals surface area contributed by atoms with Gasteiger partial charge in [-0.1, -0.05) is 6.92 Å². The van der Waals surface area contributed by atoms with Crippen LogP contribution in [-0.2, 0) is 11.3 Å². The Labute approximate surface area is 111 Å². The van der Waals surface area contributed by atoms with E-state index >= 15 is 0 Å². The molecule has 0 aromatic carbocycles. The van der Waals surface area contributed by atoms with Crippen molar-refractivity contribution in [3.05, 3.63) is 24.2 Å². The van der Waals surface area contributed by atoms with Crippen LogP contribution >= 0.6 is 0 Å². The van der Waals surface area contributed by atoms with Crippen LogP contribution in [0.25, 0.3) is 0 Å². The molecule has 2 heterocycles. The summed E-state index contributed by atoms with van der Waals surface area (Å²) in [5.74, 6) is -0.279. The Morgan fingerprint density at radius 2 is 2.32 bits per heavy atom. The van der Waals surface area contributed by atoms with E-state index in [1.807, 2.05) is 6.92 Å². The number of nitrogens with zero attached hydrogens (tertiary/aromatic N) is 2. The van der Waals surface area contributed by atoms with Crippen LogP contribution < -0.4 is 0 Å². The molecule has 2 amide bonds. The van der Waals surface area contributed by atoms with E-state index in [4.69, 9.17) is 4.42 Å². The first-order valence-corrected chi connectivity index (χ1v) is 6.27. The van der Waals surface area contributed by atoms with Crippen LogP contribution in [0.4, 0.5) is 4.79 Å². The number of carboxylic acids is 1. The fraction of sp³-hybridized carbons (Fsp3) is 0.538. The first-order chi connectivity index (χ1) is 9.00. The molecule has 1 aliphatic heterocycles. The highest BCUT2D eigenvalue weighted by Crippen LogP contribution is 2.25. The smallest absolute Gasteiger partial charge is 0.326 e. The monoisotopic (exact) mass is 266 g/mol. The summed E-state index contributed by atoms with van der Waals surface area (Å²) in [6.07, 6.45) is 2.27. The van der Waals surface area contributed by atoms with E-state index in [0.717, 1.165) is 6.42 Å². The highest BCUT2D eigenvalue weighted by atomic mass is 16.4. The van der Waals surface area contributed by atoms with Gasteiger partial charge in [-0.15, -0.1) is 0 Å². The summed E-state index contributed by atoms with van der Waals surface area (Å²) in [4.78, 5) is 26.4. The van der Waals surface area contributed by atoms with Gasteiger partial charge in [0, 0.05) is 13.6 Å². The van der Waals surface area contributed by atoms with Gasteiger partial charge in [0.05, 0.1) is 12.8 Å². The summed E-state index contributed by atoms with van der Waals surface area (Å²) in [6.45, 7) is 2.68. The van der Waals surface area contributed by atoms with Crippen LogP contribution in [0.15, 0.2) is 22.8 Å². The molecule has 1 aromatic heterocycles. The zero-order valence-corrected chi connectivity index (χ0v) is 11.1. The lowest BCUT2D eigenvalue weighted by atomic mass is 10.0. The minimum atomic E-state index is -0.940. The van der Waals surface area contributed by atoms with Gasteiger partial charge >= 0.3 is 12.0 Å². The molecule has 104 valence electrons. The topological polar surface area (TPSA) is 74.0 Å². The zero-order valence-electron chi connectivity index (χ0n) is 11.1. The number of furan rings is 1. The maximum Gasteiger partial charge on any atom is 0.326 e. The van der Waals surface area contributed by atoms with E-state index in [1.54, 1.807) is 25.4 Å². The molecular weight excluding hydrogens is 248 g/mol. The molecule has 1 aliphatic rings. The van der Waals surface area contributed by atoms with Gasteiger partial charge in [0.1, 0.15) is 11.8 Å². The maximum atomic E-state index is 12.3. The van der Waals surface area contributed by atoms with E-state index in [2.05, 4.69) is 0 Å². The molecule has 0 spiro atoms. The number of likely N-dealkylation sites (tertiary alicyclic amines) is 1. The quantitative estimate of drug-likeness (QED) is 0.902. The van der Waals surface area contributed by atoms with Crippen molar-refractivity contribution in [1.29, 1.82) is 0 Å². The average Bonchev–Trinajstić information content (AvgIpc) is 2.97. The van der Waals surface area contributed by atoms with Crippen molar-refractivity contribution < 1.29 is 19.1 Å². The summed E-state index contributed by atoms with van der Waals surface area (Å²) < 4.78 is 5.18. The van der Waals surface area contributed by atoms with Crippen molar-refractivity contribution in [2.75, 3.05) is 13.6 Å². The normalized spacial score (nSPS) is 22.5. The Balaban J connectivity index is 2.04. The predicted octanol–water partition coefficient (Wildman–Crippen LogP) is 1.63. The van der Waals surface area contributed by atoms with Crippen molar-refractivity contribution in [1.82, 2.24) is 9.80 Å². The number of aliphatic carboxylic acids is 1. The number of urea groups is 1. The SMILES string of the molecule is CC1CCN(C(=O)N(C)Cc2ccco2)C1C(=O)O. The number of rotatable bonds is 3. The average molecular weight is 266 g/mol. The second-order valence-corrected chi connectivity index (χ2v) is 4.96. The van der Waals surface area contributed by atoms with E-state index < -0.39 is 12.0 Å². The highest BCUT2D eigenvalue weighted by molar-refractivity contribution is 5.83. The van der Waals surface area contributed by atoms with Crippen molar-refractivity contribution >= 4 is 12.0 Å². The second-order valence-electron chi connectivity index (χ2n) is 4.96. The highest BCUT2D eigenvalue weighted by Gasteiger charge is 2.40. The minimum Gasteiger partial charge on any atom is -0.480 e. The molecule has 2 unspecified atom stereocenters. The first-order valence-electron chi connectivity index (χ1n) is 6.27. The molecule has 6 nitrogen and oxygen atoms in total. The van der Waals surface area contributed by atoms with Gasteiger partial charge in [0.15, 0.2) is 0 Å². The van der Waals surface area contributed by atoms with Gasteiger partial charge < -0.3 is 19.3 Å². The van der Waals surface area contributed by atoms with Crippen LogP contribution in [0.3, 0.4) is 0 Å². The lowest BCUT2D eigenvalue weighted by Gasteiger charge is -2.28. The molecule has 2 rings (SSSR count). The van der Waals surface area contributed by atoms with E-state index in [-0.39, 0.29) is 11.9 Å². The number of carboxylic acid groups (broad SMARTS) is 1. The van der Waals surface area contributed by atoms with Crippen molar-refractivity contribution in [2.45, 2.75) is 25.9 Å². The Bertz CT molecular complexity index is 457. The fourth-order valence-corrected chi connectivity index (χ4v) is 2.46. The van der Waals surface area contributed by atoms with Crippen molar-refractivity contribution in [2.24, 2.45) is 5.92 Å². The molecule has 1 fully saturated rings. The number of hydrogen-bond donors (Lipinski definition) is 1. The van der Waals surface area contributed by atoms with Gasteiger partial charge in [0.25, 0.3) is 0 Å². The van der Waals surface area contributed by atoms with E-state index in [0.29, 0.717) is 18.8 Å². The molecule has 0 bridgehead atoms. The van der Waals surface area contributed by atoms with Crippen LogP contribution in [0.1, 0.15) is 19.1 Å². The molecular formula is C13H18N2O4. The number of carbonyl (C=O) groups is 2. The third-order valence-electron chi connectivity index (χ3n) is 3.50. The standard InChI is InChI=1S/C13H18N2O4/c1-9-5-6-15(11(9)12(16)17)13(18)14(2)8-10-4-3-7-19-10/h3-4,7,9,11H,5-6,8H2,1-2H3,(H,16,17). The van der Waals surface area contributed by atoms with Gasteiger partial charge in [-0.05, 0) is 24.5 Å². The molecule has 19 heavy (non-hydrogen) atoms. The Kier molecular flexibility index (Phi) is 3.78. The van der Waals surface area contributed by atoms with Gasteiger partial charge in [0.2, 0.25) is 0 Å². The fourth-order valence-electron chi connectivity index (χ4n) is 2.46. The summed E-state index contributed by atoms with van der Waals surface area (Å²) in [7, 11) is 1.65. The van der Waals surface area contributed by atoms with Crippen LogP contribution in [0.2, 0.25) is 0 Å². The van der Waals surface area contributed by atoms with Crippen molar-refractivity contribution in [3.8, 4) is 0 Å². The Morgan fingerprint density at radius 1 is 1.58 bits per heavy atom. The molecule has 1 saturated heterocycles. The van der Waals surface area contributed by atoms with E-state index in [9.17, 15) is 14.7 Å². The summed E-state index contributed by atoms with van der Waals surface area (Å²) >= 11 is 0. The molecule has 0 saturated carbocycles. The van der Waals surface area contributed by atoms with E-state index in [1.165, 1.54) is 9.80 Å². The van der Waals surface area contributed by atoms with Gasteiger partial charge in [-0.25, -0.2) is 9.59 Å². The summed E-state index contributed by atoms with van der Waals surface area (Å²) in [5.41, 5.74) is 0. The van der Waals surface area contributed by atoms with Crippen LogP contribution in [-0.4, -0.2) is 46.5 Å². The minimum absolute atomic E-state index is 0.0153. The van der Waals surface area contributed by atoms with Gasteiger partial charge in [-0.2, -0.15) is 0 Å². The molecule has 0 radical (unpaired) electrons. The third kappa shape index (κ3) is 2.72. The summed E-state index contributed by atoms with van der Waals surface area (Å²) in [5, 5.41) is 9.21. The van der Waals surface area contributed by atoms with Crippen molar-refractivity contribution in [3.63, 3.8) is 0 Å². The first kappa shape index (κ1) is 13.5. The Morgan fingerprint density at radius 3 is 2.89 bits per heavy atom. The number of hydrogen-bond acceptors (Lipinski definition) is 3. The molecule has 0 aliphatic carbocycles. The lowest BCUT2D eigenvalue weighted by Crippen LogP contribution is -2.47. The van der Waals surface area contributed by atoms with Crippen LogP contribution in [0, 0.1) is 5.92 Å². The lowest BCUT2D eigenvalue weighted by molar-refractivity contribution is -0.142. The predicted molar refractivity (Wildman–Crippen MR) is 67.5 cm³/mol. The maximum absolute atomic E-state index is 12.3. The second kappa shape index (κ2) is 5.34.